The number of hydrogen-bond acceptors (Lipinski definition) is 5. The van der Waals surface area contributed by atoms with Gasteiger partial charge in [0.05, 0.1) is 6.61 Å². The Balaban J connectivity index is 4.29. The van der Waals surface area contributed by atoms with E-state index in [1.165, 1.54) is 14.2 Å². The summed E-state index contributed by atoms with van der Waals surface area (Å²) in [5.41, 5.74) is 0. The van der Waals surface area contributed by atoms with E-state index >= 15 is 0 Å². The van der Waals surface area contributed by atoms with Crippen molar-refractivity contribution in [2.75, 3.05) is 20.8 Å². The molecular formula is C11H23NO6Si. The van der Waals surface area contributed by atoms with Gasteiger partial charge in [0.25, 0.3) is 0 Å². The van der Waals surface area contributed by atoms with Crippen molar-refractivity contribution in [3.8, 4) is 0 Å². The zero-order valence-electron chi connectivity index (χ0n) is 12.1. The van der Waals surface area contributed by atoms with E-state index in [0.29, 0.717) is 0 Å². The second-order valence-corrected chi connectivity index (χ2v) is 10.9. The molecule has 0 heterocycles. The second kappa shape index (κ2) is 8.13. The highest BCUT2D eigenvalue weighted by Gasteiger charge is 2.30. The highest BCUT2D eigenvalue weighted by Crippen LogP contribution is 2.08. The van der Waals surface area contributed by atoms with E-state index in [-0.39, 0.29) is 6.61 Å². The average molecular weight is 293 g/mol. The Bertz CT molecular complexity index is 300. The molecule has 2 N–H and O–H groups in total. The summed E-state index contributed by atoms with van der Waals surface area (Å²) >= 11 is 0. The largest absolute Gasteiger partial charge is 0.480 e. The van der Waals surface area contributed by atoms with Gasteiger partial charge < -0.3 is 24.6 Å². The minimum absolute atomic E-state index is 0.276. The van der Waals surface area contributed by atoms with Crippen LogP contribution in [0.5, 0.6) is 0 Å². The summed E-state index contributed by atoms with van der Waals surface area (Å²) in [4.78, 5) is 22.5. The highest BCUT2D eigenvalue weighted by molar-refractivity contribution is 6.76. The lowest BCUT2D eigenvalue weighted by molar-refractivity contribution is -0.161. The molecule has 0 fully saturated rings. The lowest BCUT2D eigenvalue weighted by Gasteiger charge is -2.22. The molecule has 0 aromatic heterocycles. The van der Waals surface area contributed by atoms with Crippen LogP contribution >= 0.6 is 0 Å². The second-order valence-electron chi connectivity index (χ2n) is 5.25. The quantitative estimate of drug-likeness (QED) is 0.514. The fourth-order valence-electron chi connectivity index (χ4n) is 1.23. The normalized spacial score (nSPS) is 13.2. The number of amides is 1. The molecule has 0 aliphatic carbocycles. The number of carboxylic acids is 1. The summed E-state index contributed by atoms with van der Waals surface area (Å²) in [5, 5.41) is 11.2. The first-order valence-corrected chi connectivity index (χ1v) is 9.63. The van der Waals surface area contributed by atoms with Gasteiger partial charge in [-0.2, -0.15) is 0 Å². The van der Waals surface area contributed by atoms with Crippen molar-refractivity contribution in [3.05, 3.63) is 0 Å². The zero-order chi connectivity index (χ0) is 15.1. The Morgan fingerprint density at radius 1 is 1.21 bits per heavy atom. The van der Waals surface area contributed by atoms with E-state index in [2.05, 4.69) is 25.0 Å². The van der Waals surface area contributed by atoms with E-state index in [1.54, 1.807) is 0 Å². The number of aliphatic carboxylic acids is 1. The molecule has 7 nitrogen and oxygen atoms in total. The topological polar surface area (TPSA) is 94.1 Å². The van der Waals surface area contributed by atoms with E-state index in [9.17, 15) is 9.59 Å². The van der Waals surface area contributed by atoms with Gasteiger partial charge in [0, 0.05) is 22.3 Å². The van der Waals surface area contributed by atoms with E-state index in [4.69, 9.17) is 19.3 Å². The summed E-state index contributed by atoms with van der Waals surface area (Å²) in [5.74, 6) is -1.25. The molecule has 0 aliphatic heterocycles. The molecule has 1 amide bonds. The lowest BCUT2D eigenvalue weighted by atomic mass is 10.3. The Hall–Kier alpha value is -1.12. The third-order valence-corrected chi connectivity index (χ3v) is 4.07. The van der Waals surface area contributed by atoms with Crippen molar-refractivity contribution in [3.63, 3.8) is 0 Å². The van der Waals surface area contributed by atoms with Crippen molar-refractivity contribution in [1.82, 2.24) is 5.32 Å². The highest BCUT2D eigenvalue weighted by atomic mass is 28.3. The molecule has 19 heavy (non-hydrogen) atoms. The molecule has 8 heteroatoms. The number of nitrogens with one attached hydrogen (secondary N) is 1. The van der Waals surface area contributed by atoms with Gasteiger partial charge in [-0.1, -0.05) is 19.6 Å². The van der Waals surface area contributed by atoms with Gasteiger partial charge in [-0.25, -0.2) is 9.59 Å². The van der Waals surface area contributed by atoms with Gasteiger partial charge in [-0.3, -0.25) is 0 Å². The first-order chi connectivity index (χ1) is 8.71. The van der Waals surface area contributed by atoms with Crippen molar-refractivity contribution in [2.45, 2.75) is 38.0 Å². The number of ether oxygens (including phenoxy) is 3. The Morgan fingerprint density at radius 2 is 1.74 bits per heavy atom. The molecule has 0 spiro atoms. The third-order valence-electron chi connectivity index (χ3n) is 2.36. The molecule has 0 radical (unpaired) electrons. The first kappa shape index (κ1) is 17.9. The molecule has 112 valence electrons. The van der Waals surface area contributed by atoms with Crippen LogP contribution in [0.3, 0.4) is 0 Å². The van der Waals surface area contributed by atoms with Crippen molar-refractivity contribution >= 4 is 20.1 Å². The molecule has 1 atom stereocenters. The number of methoxy groups -OCH3 is 2. The molecule has 0 aromatic rings. The maximum Gasteiger partial charge on any atom is 0.407 e. The number of hydrogen-bond donors (Lipinski definition) is 2. The minimum Gasteiger partial charge on any atom is -0.480 e. The van der Waals surface area contributed by atoms with Gasteiger partial charge >= 0.3 is 12.1 Å². The average Bonchev–Trinajstić information content (AvgIpc) is 2.27. The van der Waals surface area contributed by atoms with E-state index in [1.807, 2.05) is 0 Å². The van der Waals surface area contributed by atoms with E-state index in [0.717, 1.165) is 6.04 Å². The number of carboxylic acid groups (broad SMARTS) is 1. The Kier molecular flexibility index (Phi) is 7.65. The van der Waals surface area contributed by atoms with Crippen LogP contribution in [0.25, 0.3) is 0 Å². The molecule has 0 unspecified atom stereocenters. The third kappa shape index (κ3) is 7.80. The summed E-state index contributed by atoms with van der Waals surface area (Å²) in [7, 11) is 1.30. The molecule has 0 aromatic carbocycles. The smallest absolute Gasteiger partial charge is 0.407 e. The van der Waals surface area contributed by atoms with Gasteiger partial charge in [-0.05, 0) is 6.04 Å². The number of alkyl carbamates (subject to hydrolysis) is 1. The summed E-state index contributed by atoms with van der Waals surface area (Å²) < 4.78 is 14.6. The fraction of sp³-hybridized carbons (Fsp3) is 0.818. The van der Waals surface area contributed by atoms with E-state index < -0.39 is 32.5 Å². The van der Waals surface area contributed by atoms with Gasteiger partial charge in [0.1, 0.15) is 0 Å². The van der Waals surface area contributed by atoms with Crippen LogP contribution < -0.4 is 5.32 Å². The molecule has 0 saturated carbocycles. The summed E-state index contributed by atoms with van der Waals surface area (Å²) in [6.07, 6.45) is -1.85. The van der Waals surface area contributed by atoms with Gasteiger partial charge in [0.15, 0.2) is 12.3 Å². The molecular weight excluding hydrogens is 270 g/mol. The van der Waals surface area contributed by atoms with Crippen LogP contribution in [0.4, 0.5) is 4.79 Å². The predicted molar refractivity (Wildman–Crippen MR) is 71.9 cm³/mol. The fourth-order valence-corrected chi connectivity index (χ4v) is 1.95. The van der Waals surface area contributed by atoms with Gasteiger partial charge in [0.2, 0.25) is 0 Å². The van der Waals surface area contributed by atoms with Crippen molar-refractivity contribution < 1.29 is 28.9 Å². The van der Waals surface area contributed by atoms with Crippen LogP contribution in [0.2, 0.25) is 25.7 Å². The van der Waals surface area contributed by atoms with Crippen molar-refractivity contribution in [1.29, 1.82) is 0 Å². The number of carbonyl (C=O) groups excluding carboxylic acids is 1. The lowest BCUT2D eigenvalue weighted by Crippen LogP contribution is -2.50. The van der Waals surface area contributed by atoms with Crippen LogP contribution in [0, 0.1) is 0 Å². The maximum atomic E-state index is 11.5. The summed E-state index contributed by atoms with van der Waals surface area (Å²) in [6, 6.07) is -0.495. The van der Waals surface area contributed by atoms with Crippen LogP contribution in [-0.2, 0) is 19.0 Å². The first-order valence-electron chi connectivity index (χ1n) is 5.93. The Morgan fingerprint density at radius 3 is 2.11 bits per heavy atom. The minimum atomic E-state index is -1.31. The SMILES string of the molecule is COC(OC)[C@@H](NC(=O)OCC[Si](C)(C)C)C(=O)O. The van der Waals surface area contributed by atoms with Crippen LogP contribution in [0.1, 0.15) is 0 Å². The predicted octanol–water partition coefficient (Wildman–Crippen LogP) is 1.12. The molecule has 0 aliphatic rings. The molecule has 0 bridgehead atoms. The number of carbonyl (C=O) groups is 2. The van der Waals surface area contributed by atoms with Crippen molar-refractivity contribution in [2.24, 2.45) is 0 Å². The van der Waals surface area contributed by atoms with Crippen LogP contribution in [0.15, 0.2) is 0 Å². The summed E-state index contributed by atoms with van der Waals surface area (Å²) in [6.45, 7) is 6.74. The molecule has 0 saturated heterocycles. The van der Waals surface area contributed by atoms with Gasteiger partial charge in [-0.15, -0.1) is 0 Å². The Labute approximate surface area is 114 Å². The molecule has 0 rings (SSSR count). The number of rotatable bonds is 8. The zero-order valence-corrected chi connectivity index (χ0v) is 13.1. The monoisotopic (exact) mass is 293 g/mol. The van der Waals surface area contributed by atoms with Crippen LogP contribution in [-0.4, -0.2) is 58.4 Å². The maximum absolute atomic E-state index is 11.5. The standard InChI is InChI=1S/C11H23NO6Si/c1-16-10(17-2)8(9(13)14)12-11(15)18-6-7-19(3,4)5/h8,10H,6-7H2,1-5H3,(H,12,15)(H,13,14)/t8-/m0/s1.